The number of hydrogen-bond acceptors (Lipinski definition) is 5. The first kappa shape index (κ1) is 19.9. The van der Waals surface area contributed by atoms with Crippen LogP contribution in [-0.2, 0) is 14.8 Å². The molecule has 2 N–H and O–H groups in total. The van der Waals surface area contributed by atoms with Gasteiger partial charge in [-0.1, -0.05) is 29.8 Å². The second-order valence-electron chi connectivity index (χ2n) is 7.06. The van der Waals surface area contributed by atoms with Crippen molar-refractivity contribution < 1.29 is 13.2 Å². The Labute approximate surface area is 174 Å². The van der Waals surface area contributed by atoms with Gasteiger partial charge in [0.2, 0.25) is 15.9 Å². The predicted molar refractivity (Wildman–Crippen MR) is 117 cm³/mol. The van der Waals surface area contributed by atoms with Gasteiger partial charge in [0, 0.05) is 5.69 Å². The number of anilines is 1. The van der Waals surface area contributed by atoms with Gasteiger partial charge < -0.3 is 5.32 Å². The lowest BCUT2D eigenvalue weighted by Crippen LogP contribution is -2.41. The number of amides is 1. The van der Waals surface area contributed by atoms with E-state index in [0.717, 1.165) is 16.6 Å². The molecule has 1 amide bonds. The van der Waals surface area contributed by atoms with E-state index < -0.39 is 22.0 Å². The molecule has 1 atom stereocenters. The molecular formula is C22H20N4O3S. The third-order valence-electron chi connectivity index (χ3n) is 4.66. The Morgan fingerprint density at radius 3 is 2.13 bits per heavy atom. The molecule has 7 nitrogen and oxygen atoms in total. The van der Waals surface area contributed by atoms with E-state index in [9.17, 15) is 13.2 Å². The number of nitrogens with zero attached hydrogens (tertiary/aromatic N) is 2. The third-order valence-corrected chi connectivity index (χ3v) is 6.22. The van der Waals surface area contributed by atoms with Gasteiger partial charge in [0.1, 0.15) is 0 Å². The first-order valence-electron chi connectivity index (χ1n) is 9.38. The second kappa shape index (κ2) is 7.81. The average Bonchev–Trinajstić information content (AvgIpc) is 2.72. The summed E-state index contributed by atoms with van der Waals surface area (Å²) in [5.74, 6) is -0.473. The van der Waals surface area contributed by atoms with Gasteiger partial charge in [0.15, 0.2) is 0 Å². The summed E-state index contributed by atoms with van der Waals surface area (Å²) >= 11 is 0. The second-order valence-corrected chi connectivity index (χ2v) is 8.78. The lowest BCUT2D eigenvalue weighted by atomic mass is 10.2. The van der Waals surface area contributed by atoms with Crippen LogP contribution in [0.4, 0.5) is 5.69 Å². The van der Waals surface area contributed by atoms with Gasteiger partial charge >= 0.3 is 0 Å². The molecule has 0 aliphatic heterocycles. The van der Waals surface area contributed by atoms with Crippen LogP contribution in [0.3, 0.4) is 0 Å². The minimum absolute atomic E-state index is 0.112. The smallest absolute Gasteiger partial charge is 0.242 e. The van der Waals surface area contributed by atoms with E-state index in [1.54, 1.807) is 30.3 Å². The molecule has 30 heavy (non-hydrogen) atoms. The summed E-state index contributed by atoms with van der Waals surface area (Å²) in [5.41, 5.74) is 4.36. The van der Waals surface area contributed by atoms with Gasteiger partial charge in [0.25, 0.3) is 0 Å². The number of carbonyl (C=O) groups excluding carboxylic acids is 1. The number of aromatic nitrogens is 2. The topological polar surface area (TPSA) is 101 Å². The van der Waals surface area contributed by atoms with Crippen LogP contribution in [0.5, 0.6) is 0 Å². The van der Waals surface area contributed by atoms with Crippen molar-refractivity contribution in [1.29, 1.82) is 0 Å². The molecule has 3 aromatic carbocycles. The van der Waals surface area contributed by atoms with Crippen molar-refractivity contribution in [3.05, 3.63) is 72.3 Å². The number of rotatable bonds is 5. The minimum Gasteiger partial charge on any atom is -0.325 e. The number of para-hydroxylation sites is 2. The summed E-state index contributed by atoms with van der Waals surface area (Å²) < 4.78 is 27.4. The van der Waals surface area contributed by atoms with Crippen molar-refractivity contribution >= 4 is 43.7 Å². The Kier molecular flexibility index (Phi) is 5.19. The van der Waals surface area contributed by atoms with Crippen molar-refractivity contribution in [3.63, 3.8) is 0 Å². The number of nitrogens with one attached hydrogen (secondary N) is 2. The van der Waals surface area contributed by atoms with Crippen LogP contribution in [0.2, 0.25) is 0 Å². The monoisotopic (exact) mass is 420 g/mol. The van der Waals surface area contributed by atoms with Gasteiger partial charge in [0.05, 0.1) is 33.0 Å². The lowest BCUT2D eigenvalue weighted by Gasteiger charge is -2.15. The highest BCUT2D eigenvalue weighted by Crippen LogP contribution is 2.20. The predicted octanol–water partition coefficient (Wildman–Crippen LogP) is 3.40. The van der Waals surface area contributed by atoms with Gasteiger partial charge in [-0.15, -0.1) is 0 Å². The van der Waals surface area contributed by atoms with E-state index in [0.29, 0.717) is 16.7 Å². The maximum absolute atomic E-state index is 12.5. The first-order valence-corrected chi connectivity index (χ1v) is 10.9. The summed E-state index contributed by atoms with van der Waals surface area (Å²) in [7, 11) is -3.81. The summed E-state index contributed by atoms with van der Waals surface area (Å²) in [6.07, 6.45) is 0. The number of sulfonamides is 1. The van der Waals surface area contributed by atoms with Crippen molar-refractivity contribution in [1.82, 2.24) is 14.7 Å². The number of hydrogen-bond donors (Lipinski definition) is 2. The van der Waals surface area contributed by atoms with E-state index >= 15 is 0 Å². The molecule has 152 valence electrons. The van der Waals surface area contributed by atoms with Crippen molar-refractivity contribution in [3.8, 4) is 0 Å². The standard InChI is InChI=1S/C22H20N4O3S/c1-14-7-10-17(11-8-14)30(28,29)26-15(2)22(27)23-16-9-12-20-21(13-16)25-19-6-4-3-5-18(19)24-20/h3-13,15,26H,1-2H3,(H,23,27)/t15-/m0/s1. The zero-order chi connectivity index (χ0) is 21.3. The molecule has 0 saturated carbocycles. The van der Waals surface area contributed by atoms with Crippen molar-refractivity contribution in [2.45, 2.75) is 24.8 Å². The molecule has 4 aromatic rings. The SMILES string of the molecule is Cc1ccc(S(=O)(=O)N[C@@H](C)C(=O)Nc2ccc3nc4ccccc4nc3c2)cc1. The van der Waals surface area contributed by atoms with E-state index in [4.69, 9.17) is 0 Å². The number of carbonyl (C=O) groups is 1. The molecular weight excluding hydrogens is 400 g/mol. The molecule has 4 rings (SSSR count). The highest BCUT2D eigenvalue weighted by atomic mass is 32.2. The van der Waals surface area contributed by atoms with Crippen LogP contribution in [0.25, 0.3) is 22.1 Å². The molecule has 0 aliphatic carbocycles. The maximum atomic E-state index is 12.5. The van der Waals surface area contributed by atoms with Crippen LogP contribution < -0.4 is 10.0 Å². The summed E-state index contributed by atoms with van der Waals surface area (Å²) in [6, 6.07) is 18.2. The number of fused-ring (bicyclic) bond motifs is 2. The molecule has 1 heterocycles. The Bertz CT molecular complexity index is 1350. The fourth-order valence-corrected chi connectivity index (χ4v) is 4.22. The van der Waals surface area contributed by atoms with Crippen molar-refractivity contribution in [2.75, 3.05) is 5.32 Å². The lowest BCUT2D eigenvalue weighted by molar-refractivity contribution is -0.117. The van der Waals surface area contributed by atoms with E-state index in [2.05, 4.69) is 20.0 Å². The Balaban J connectivity index is 1.51. The Hall–Kier alpha value is -3.36. The summed E-state index contributed by atoms with van der Waals surface area (Å²) in [4.78, 5) is 21.8. The molecule has 8 heteroatoms. The zero-order valence-corrected chi connectivity index (χ0v) is 17.3. The largest absolute Gasteiger partial charge is 0.325 e. The highest BCUT2D eigenvalue weighted by molar-refractivity contribution is 7.89. The van der Waals surface area contributed by atoms with Crippen LogP contribution in [0, 0.1) is 6.92 Å². The fourth-order valence-electron chi connectivity index (χ4n) is 3.02. The van der Waals surface area contributed by atoms with Gasteiger partial charge in [-0.2, -0.15) is 4.72 Å². The van der Waals surface area contributed by atoms with Gasteiger partial charge in [-0.25, -0.2) is 18.4 Å². The number of benzene rings is 3. The summed E-state index contributed by atoms with van der Waals surface area (Å²) in [5, 5.41) is 2.73. The normalized spacial score (nSPS) is 12.7. The van der Waals surface area contributed by atoms with Crippen LogP contribution in [0.15, 0.2) is 71.6 Å². The maximum Gasteiger partial charge on any atom is 0.242 e. The molecule has 0 bridgehead atoms. The van der Waals surface area contributed by atoms with Crippen LogP contribution in [-0.4, -0.2) is 30.3 Å². The third kappa shape index (κ3) is 4.14. The quantitative estimate of drug-likeness (QED) is 0.482. The van der Waals surface area contributed by atoms with Gasteiger partial charge in [-0.05, 0) is 56.3 Å². The van der Waals surface area contributed by atoms with Crippen LogP contribution in [0.1, 0.15) is 12.5 Å². The summed E-state index contributed by atoms with van der Waals surface area (Å²) in [6.45, 7) is 3.37. The van der Waals surface area contributed by atoms with Gasteiger partial charge in [-0.3, -0.25) is 4.79 Å². The Morgan fingerprint density at radius 1 is 0.867 bits per heavy atom. The highest BCUT2D eigenvalue weighted by Gasteiger charge is 2.22. The molecule has 0 unspecified atom stereocenters. The first-order chi connectivity index (χ1) is 14.3. The zero-order valence-electron chi connectivity index (χ0n) is 16.5. The van der Waals surface area contributed by atoms with Crippen molar-refractivity contribution in [2.24, 2.45) is 0 Å². The fraction of sp³-hybridized carbons (Fsp3) is 0.136. The average molecular weight is 420 g/mol. The van der Waals surface area contributed by atoms with E-state index in [1.807, 2.05) is 31.2 Å². The Morgan fingerprint density at radius 2 is 1.47 bits per heavy atom. The van der Waals surface area contributed by atoms with E-state index in [-0.39, 0.29) is 4.90 Å². The van der Waals surface area contributed by atoms with E-state index in [1.165, 1.54) is 19.1 Å². The molecule has 0 saturated heterocycles. The van der Waals surface area contributed by atoms with Crippen LogP contribution >= 0.6 is 0 Å². The molecule has 1 aromatic heterocycles. The molecule has 0 spiro atoms. The molecule has 0 radical (unpaired) electrons. The molecule has 0 fully saturated rings. The number of aryl methyl sites for hydroxylation is 1. The minimum atomic E-state index is -3.81. The molecule has 0 aliphatic rings.